The van der Waals surface area contributed by atoms with Crippen LogP contribution < -0.4 is 5.32 Å². The maximum absolute atomic E-state index is 10.3. The van der Waals surface area contributed by atoms with Gasteiger partial charge in [-0.15, -0.1) is 11.6 Å². The Morgan fingerprint density at radius 1 is 2.00 bits per heavy atom. The van der Waals surface area contributed by atoms with Crippen LogP contribution in [0.3, 0.4) is 0 Å². The third kappa shape index (κ3) is 4.27. The van der Waals surface area contributed by atoms with Crippen molar-refractivity contribution in [1.82, 2.24) is 5.32 Å². The molecule has 2 nitrogen and oxygen atoms in total. The van der Waals surface area contributed by atoms with Gasteiger partial charge in [0.25, 0.3) is 0 Å². The first kappa shape index (κ1) is 8.11. The number of rotatable bonds is 2. The quantitative estimate of drug-likeness (QED) is 0.340. The molecule has 0 fully saturated rings. The molecule has 1 unspecified atom stereocenters. The second kappa shape index (κ2) is 4.04. The molecule has 0 saturated carbocycles. The number of thiol groups is 1. The van der Waals surface area contributed by atoms with E-state index in [-0.39, 0.29) is 17.2 Å². The molecule has 1 amide bonds. The van der Waals surface area contributed by atoms with E-state index >= 15 is 0 Å². The summed E-state index contributed by atoms with van der Waals surface area (Å²) in [7, 11) is 0. The molecule has 0 bridgehead atoms. The molecule has 0 heterocycles. The lowest BCUT2D eigenvalue weighted by Crippen LogP contribution is -2.29. The topological polar surface area (TPSA) is 29.1 Å². The second-order valence-corrected chi connectivity index (χ2v) is 2.42. The highest BCUT2D eigenvalue weighted by atomic mass is 35.5. The van der Waals surface area contributed by atoms with E-state index < -0.39 is 0 Å². The Hall–Kier alpha value is 0.110. The van der Waals surface area contributed by atoms with Gasteiger partial charge in [0.2, 0.25) is 5.91 Å². The molecule has 0 aromatic carbocycles. The predicted molar refractivity (Wildman–Crippen MR) is 37.3 cm³/mol. The summed E-state index contributed by atoms with van der Waals surface area (Å²) in [6.07, 6.45) is 0. The monoisotopic (exact) mass is 153 g/mol. The Morgan fingerprint density at radius 2 is 2.50 bits per heavy atom. The molecule has 0 aliphatic carbocycles. The van der Waals surface area contributed by atoms with E-state index in [4.69, 9.17) is 11.6 Å². The van der Waals surface area contributed by atoms with Gasteiger partial charge in [-0.25, -0.2) is 0 Å². The van der Waals surface area contributed by atoms with Crippen LogP contribution in [0.25, 0.3) is 0 Å². The maximum Gasteiger partial charge on any atom is 0.235 e. The molecule has 0 aliphatic rings. The minimum absolute atomic E-state index is 0.00486. The number of nitrogens with one attached hydrogen (secondary N) is 1. The molecule has 4 heteroatoms. The van der Waals surface area contributed by atoms with Gasteiger partial charge in [-0.1, -0.05) is 0 Å². The van der Waals surface area contributed by atoms with Crippen molar-refractivity contribution in [3.05, 3.63) is 0 Å². The van der Waals surface area contributed by atoms with Crippen LogP contribution in [0.15, 0.2) is 0 Å². The lowest BCUT2D eigenvalue weighted by molar-refractivity contribution is -0.118. The van der Waals surface area contributed by atoms with E-state index in [0.717, 1.165) is 0 Å². The summed E-state index contributed by atoms with van der Waals surface area (Å²) in [5.74, 6) is -0.181. The van der Waals surface area contributed by atoms with Crippen molar-refractivity contribution in [3.8, 4) is 0 Å². The highest BCUT2D eigenvalue weighted by Crippen LogP contribution is 1.85. The maximum atomic E-state index is 10.3. The van der Waals surface area contributed by atoms with Gasteiger partial charge in [0.15, 0.2) is 0 Å². The van der Waals surface area contributed by atoms with Gasteiger partial charge < -0.3 is 5.32 Å². The van der Waals surface area contributed by atoms with Gasteiger partial charge in [0.05, 0.1) is 5.37 Å². The smallest absolute Gasteiger partial charge is 0.235 e. The molecule has 0 saturated heterocycles. The van der Waals surface area contributed by atoms with E-state index in [1.807, 2.05) is 0 Å². The predicted octanol–water partition coefficient (Wildman–Crippen LogP) is 0.617. The van der Waals surface area contributed by atoms with E-state index in [2.05, 4.69) is 17.9 Å². The average molecular weight is 154 g/mol. The Labute approximate surface area is 59.0 Å². The van der Waals surface area contributed by atoms with Crippen LogP contribution in [-0.2, 0) is 4.79 Å². The van der Waals surface area contributed by atoms with Crippen LogP contribution in [-0.4, -0.2) is 17.2 Å². The molecule has 48 valence electrons. The summed E-state index contributed by atoms with van der Waals surface area (Å²) in [6.45, 7) is 1.76. The molecule has 0 radical (unpaired) electrons. The number of alkyl halides is 1. The minimum Gasteiger partial charge on any atom is -0.344 e. The fourth-order valence-corrected chi connectivity index (χ4v) is 0.493. The molecule has 0 aliphatic heterocycles. The van der Waals surface area contributed by atoms with Crippen LogP contribution in [0.5, 0.6) is 0 Å². The van der Waals surface area contributed by atoms with Crippen molar-refractivity contribution < 1.29 is 4.79 Å². The van der Waals surface area contributed by atoms with Gasteiger partial charge >= 0.3 is 0 Å². The van der Waals surface area contributed by atoms with Crippen molar-refractivity contribution in [1.29, 1.82) is 0 Å². The summed E-state index contributed by atoms with van der Waals surface area (Å²) in [4.78, 5) is 10.3. The zero-order chi connectivity index (χ0) is 6.57. The molecular weight excluding hydrogens is 146 g/mol. The van der Waals surface area contributed by atoms with Crippen molar-refractivity contribution in [2.24, 2.45) is 0 Å². The van der Waals surface area contributed by atoms with Crippen molar-refractivity contribution in [2.45, 2.75) is 12.3 Å². The number of hydrogen-bond donors (Lipinski definition) is 2. The molecule has 0 aromatic heterocycles. The Bertz CT molecular complexity index is 86.1. The summed E-state index contributed by atoms with van der Waals surface area (Å²) in [6, 6.07) is 0. The van der Waals surface area contributed by atoms with E-state index in [0.29, 0.717) is 0 Å². The Kier molecular flexibility index (Phi) is 4.09. The second-order valence-electron chi connectivity index (χ2n) is 1.38. The fourth-order valence-electron chi connectivity index (χ4n) is 0.272. The van der Waals surface area contributed by atoms with Crippen LogP contribution >= 0.6 is 24.2 Å². The summed E-state index contributed by atoms with van der Waals surface area (Å²) in [5, 5.41) is 2.38. The molecule has 0 rings (SSSR count). The highest BCUT2D eigenvalue weighted by Gasteiger charge is 1.98. The number of amides is 1. The first-order valence-electron chi connectivity index (χ1n) is 2.20. The number of hydrogen-bond acceptors (Lipinski definition) is 2. The Balaban J connectivity index is 3.25. The van der Waals surface area contributed by atoms with Gasteiger partial charge in [-0.3, -0.25) is 4.79 Å². The summed E-state index contributed by atoms with van der Waals surface area (Å²) >= 11 is 9.05. The molecule has 1 N–H and O–H groups in total. The molecule has 0 aromatic rings. The number of carbonyl (C=O) groups excluding carboxylic acids is 1. The van der Waals surface area contributed by atoms with Crippen LogP contribution in [0, 0.1) is 0 Å². The van der Waals surface area contributed by atoms with Crippen molar-refractivity contribution in [2.75, 3.05) is 5.88 Å². The zero-order valence-corrected chi connectivity index (χ0v) is 6.17. The molecule has 1 atom stereocenters. The zero-order valence-electron chi connectivity index (χ0n) is 4.52. The van der Waals surface area contributed by atoms with Gasteiger partial charge in [-0.2, -0.15) is 12.6 Å². The minimum atomic E-state index is -0.186. The van der Waals surface area contributed by atoms with E-state index in [1.165, 1.54) is 0 Å². The SMILES string of the molecule is CC(S)NC(=O)CCl. The largest absolute Gasteiger partial charge is 0.344 e. The molecule has 0 spiro atoms. The normalized spacial score (nSPS) is 12.9. The fraction of sp³-hybridized carbons (Fsp3) is 0.750. The van der Waals surface area contributed by atoms with Crippen LogP contribution in [0.1, 0.15) is 6.92 Å². The summed E-state index contributed by atoms with van der Waals surface area (Å²) < 4.78 is 0. The van der Waals surface area contributed by atoms with Gasteiger partial charge in [0, 0.05) is 0 Å². The number of halogens is 1. The lowest BCUT2D eigenvalue weighted by atomic mass is 10.6. The van der Waals surface area contributed by atoms with Gasteiger partial charge in [-0.05, 0) is 6.92 Å². The van der Waals surface area contributed by atoms with Crippen molar-refractivity contribution >= 4 is 30.1 Å². The molecular formula is C4H8ClNOS. The first-order valence-corrected chi connectivity index (χ1v) is 3.25. The highest BCUT2D eigenvalue weighted by molar-refractivity contribution is 7.80. The first-order chi connectivity index (χ1) is 3.66. The Morgan fingerprint density at radius 3 is 2.62 bits per heavy atom. The number of carbonyl (C=O) groups is 1. The third-order valence-electron chi connectivity index (χ3n) is 0.491. The third-order valence-corrected chi connectivity index (χ3v) is 0.863. The van der Waals surface area contributed by atoms with Gasteiger partial charge in [0.1, 0.15) is 5.88 Å². The molecule has 8 heavy (non-hydrogen) atoms. The average Bonchev–Trinajstić information content (AvgIpc) is 1.65. The van der Waals surface area contributed by atoms with Crippen molar-refractivity contribution in [3.63, 3.8) is 0 Å². The van der Waals surface area contributed by atoms with Crippen LogP contribution in [0.4, 0.5) is 0 Å². The lowest BCUT2D eigenvalue weighted by Gasteiger charge is -2.03. The van der Waals surface area contributed by atoms with Crippen LogP contribution in [0.2, 0.25) is 0 Å². The standard InChI is InChI=1S/C4H8ClNOS/c1-3(8)6-4(7)2-5/h3,8H,2H2,1H3,(H,6,7). The summed E-state index contributed by atoms with van der Waals surface area (Å²) in [5.41, 5.74) is 0. The van der Waals surface area contributed by atoms with E-state index in [1.54, 1.807) is 6.92 Å². The van der Waals surface area contributed by atoms with E-state index in [9.17, 15) is 4.79 Å².